The number of methoxy groups -OCH3 is 1. The topological polar surface area (TPSA) is 59.1 Å². The van der Waals surface area contributed by atoms with E-state index >= 15 is 0 Å². The first-order valence-corrected chi connectivity index (χ1v) is 8.12. The quantitative estimate of drug-likeness (QED) is 0.862. The van der Waals surface area contributed by atoms with Crippen molar-refractivity contribution in [3.05, 3.63) is 60.2 Å². The van der Waals surface area contributed by atoms with E-state index in [1.165, 1.54) is 0 Å². The van der Waals surface area contributed by atoms with Crippen molar-refractivity contribution in [3.8, 4) is 11.5 Å². The van der Waals surface area contributed by atoms with Crippen molar-refractivity contribution < 1.29 is 19.1 Å². The molecule has 25 heavy (non-hydrogen) atoms. The molecule has 3 rings (SSSR count). The van der Waals surface area contributed by atoms with Crippen LogP contribution in [0.5, 0.6) is 11.5 Å². The van der Waals surface area contributed by atoms with Crippen LogP contribution in [0, 0.1) is 0 Å². The fraction of sp³-hybridized carbons (Fsp3) is 0.263. The van der Waals surface area contributed by atoms with Crippen molar-refractivity contribution in [3.63, 3.8) is 0 Å². The summed E-state index contributed by atoms with van der Waals surface area (Å²) < 4.78 is 10.5. The van der Waals surface area contributed by atoms with Crippen LogP contribution in [0.25, 0.3) is 0 Å². The summed E-state index contributed by atoms with van der Waals surface area (Å²) in [5.41, 5.74) is 0.583. The van der Waals surface area contributed by atoms with Crippen molar-refractivity contribution in [1.82, 2.24) is 9.80 Å². The first-order chi connectivity index (χ1) is 12.2. The molecular weight excluding hydrogens is 320 g/mol. The summed E-state index contributed by atoms with van der Waals surface area (Å²) in [6.45, 7) is 1.84. The number of ether oxygens (including phenoxy) is 2. The Morgan fingerprint density at radius 3 is 2.16 bits per heavy atom. The molecule has 0 aromatic heterocycles. The number of hydrogen-bond acceptors (Lipinski definition) is 4. The second-order valence-electron chi connectivity index (χ2n) is 5.69. The second kappa shape index (κ2) is 7.70. The number of benzene rings is 2. The highest BCUT2D eigenvalue weighted by Gasteiger charge is 2.26. The van der Waals surface area contributed by atoms with Gasteiger partial charge in [-0.05, 0) is 30.3 Å². The number of nitrogens with zero attached hydrogens (tertiary/aromatic N) is 2. The largest absolute Gasteiger partial charge is 0.497 e. The van der Waals surface area contributed by atoms with Crippen molar-refractivity contribution in [2.24, 2.45) is 0 Å². The molecule has 2 aromatic carbocycles. The van der Waals surface area contributed by atoms with Gasteiger partial charge in [0.1, 0.15) is 11.5 Å². The maximum atomic E-state index is 12.6. The molecule has 6 heteroatoms. The van der Waals surface area contributed by atoms with Crippen molar-refractivity contribution in [1.29, 1.82) is 0 Å². The van der Waals surface area contributed by atoms with Gasteiger partial charge in [-0.3, -0.25) is 4.79 Å². The van der Waals surface area contributed by atoms with Crippen LogP contribution in [0.3, 0.4) is 0 Å². The highest BCUT2D eigenvalue weighted by molar-refractivity contribution is 5.94. The van der Waals surface area contributed by atoms with Crippen LogP contribution in [0.2, 0.25) is 0 Å². The van der Waals surface area contributed by atoms with Crippen LogP contribution >= 0.6 is 0 Å². The summed E-state index contributed by atoms with van der Waals surface area (Å²) in [6, 6.07) is 16.0. The maximum absolute atomic E-state index is 12.6. The summed E-state index contributed by atoms with van der Waals surface area (Å²) in [5.74, 6) is 1.10. The van der Waals surface area contributed by atoms with E-state index in [-0.39, 0.29) is 12.0 Å². The Morgan fingerprint density at radius 1 is 0.840 bits per heavy atom. The summed E-state index contributed by atoms with van der Waals surface area (Å²) in [4.78, 5) is 28.1. The van der Waals surface area contributed by atoms with Gasteiger partial charge in [0.2, 0.25) is 0 Å². The normalized spacial score (nSPS) is 14.1. The van der Waals surface area contributed by atoms with Crippen molar-refractivity contribution in [2.75, 3.05) is 33.3 Å². The number of carbonyl (C=O) groups excluding carboxylic acids is 2. The number of amides is 2. The van der Waals surface area contributed by atoms with Gasteiger partial charge in [0.15, 0.2) is 0 Å². The van der Waals surface area contributed by atoms with Gasteiger partial charge in [0.25, 0.3) is 5.91 Å². The molecule has 1 heterocycles. The molecular formula is C19H20N2O4. The number of hydrogen-bond donors (Lipinski definition) is 0. The average molecular weight is 340 g/mol. The van der Waals surface area contributed by atoms with Gasteiger partial charge in [0, 0.05) is 31.7 Å². The third-order valence-corrected chi connectivity index (χ3v) is 4.09. The number of piperazine rings is 1. The van der Waals surface area contributed by atoms with E-state index in [9.17, 15) is 9.59 Å². The molecule has 6 nitrogen and oxygen atoms in total. The number of para-hydroxylation sites is 1. The van der Waals surface area contributed by atoms with Crippen LogP contribution in [0.1, 0.15) is 10.4 Å². The first kappa shape index (κ1) is 16.8. The molecule has 1 saturated heterocycles. The first-order valence-electron chi connectivity index (χ1n) is 8.12. The Bertz CT molecular complexity index is 740. The molecule has 0 radical (unpaired) electrons. The van der Waals surface area contributed by atoms with E-state index in [0.29, 0.717) is 43.2 Å². The Balaban J connectivity index is 1.56. The van der Waals surface area contributed by atoms with Crippen LogP contribution in [-0.2, 0) is 0 Å². The fourth-order valence-electron chi connectivity index (χ4n) is 2.68. The minimum Gasteiger partial charge on any atom is -0.497 e. The predicted octanol–water partition coefficient (Wildman–Crippen LogP) is 2.65. The highest BCUT2D eigenvalue weighted by Crippen LogP contribution is 2.16. The third kappa shape index (κ3) is 4.09. The smallest absolute Gasteiger partial charge is 0.415 e. The van der Waals surface area contributed by atoms with E-state index in [2.05, 4.69) is 0 Å². The zero-order valence-electron chi connectivity index (χ0n) is 14.1. The van der Waals surface area contributed by atoms with Crippen molar-refractivity contribution in [2.45, 2.75) is 0 Å². The lowest BCUT2D eigenvalue weighted by molar-refractivity contribution is 0.0633. The minimum absolute atomic E-state index is 0.0602. The molecule has 0 aliphatic carbocycles. The van der Waals surface area contributed by atoms with Gasteiger partial charge in [-0.15, -0.1) is 0 Å². The molecule has 0 atom stereocenters. The standard InChI is InChI=1S/C19H20N2O4/c1-24-17-9-5-6-15(14-17)18(22)20-10-12-21(13-11-20)19(23)25-16-7-3-2-4-8-16/h2-9,14H,10-13H2,1H3. The molecule has 2 aromatic rings. The molecule has 1 aliphatic heterocycles. The monoisotopic (exact) mass is 340 g/mol. The molecule has 0 N–H and O–H groups in total. The van der Waals surface area contributed by atoms with E-state index in [1.807, 2.05) is 18.2 Å². The SMILES string of the molecule is COc1cccc(C(=O)N2CCN(C(=O)Oc3ccccc3)CC2)c1. The molecule has 0 spiro atoms. The van der Waals surface area contributed by atoms with Crippen LogP contribution < -0.4 is 9.47 Å². The van der Waals surface area contributed by atoms with Gasteiger partial charge in [-0.25, -0.2) is 4.79 Å². The van der Waals surface area contributed by atoms with Gasteiger partial charge in [0.05, 0.1) is 7.11 Å². The van der Waals surface area contributed by atoms with Crippen LogP contribution in [-0.4, -0.2) is 55.1 Å². The van der Waals surface area contributed by atoms with E-state index in [1.54, 1.807) is 53.3 Å². The summed E-state index contributed by atoms with van der Waals surface area (Å²) >= 11 is 0. The van der Waals surface area contributed by atoms with Crippen LogP contribution in [0.15, 0.2) is 54.6 Å². The molecule has 1 fully saturated rings. The number of carbonyl (C=O) groups is 2. The summed E-state index contributed by atoms with van der Waals surface area (Å²) in [6.07, 6.45) is -0.389. The predicted molar refractivity (Wildman–Crippen MR) is 92.9 cm³/mol. The Morgan fingerprint density at radius 2 is 1.48 bits per heavy atom. The second-order valence-corrected chi connectivity index (χ2v) is 5.69. The Labute approximate surface area is 146 Å². The average Bonchev–Trinajstić information content (AvgIpc) is 2.68. The highest BCUT2D eigenvalue weighted by atomic mass is 16.6. The molecule has 0 saturated carbocycles. The fourth-order valence-corrected chi connectivity index (χ4v) is 2.68. The third-order valence-electron chi connectivity index (χ3n) is 4.09. The lowest BCUT2D eigenvalue weighted by atomic mass is 10.1. The van der Waals surface area contributed by atoms with Gasteiger partial charge < -0.3 is 19.3 Å². The molecule has 2 amide bonds. The zero-order valence-corrected chi connectivity index (χ0v) is 14.1. The van der Waals surface area contributed by atoms with E-state index < -0.39 is 0 Å². The summed E-state index contributed by atoms with van der Waals surface area (Å²) in [7, 11) is 1.57. The summed E-state index contributed by atoms with van der Waals surface area (Å²) in [5, 5.41) is 0. The minimum atomic E-state index is -0.389. The number of rotatable bonds is 3. The van der Waals surface area contributed by atoms with Crippen LogP contribution in [0.4, 0.5) is 4.79 Å². The molecule has 0 bridgehead atoms. The maximum Gasteiger partial charge on any atom is 0.415 e. The van der Waals surface area contributed by atoms with E-state index in [0.717, 1.165) is 0 Å². The van der Waals surface area contributed by atoms with Gasteiger partial charge in [-0.1, -0.05) is 24.3 Å². The van der Waals surface area contributed by atoms with Crippen molar-refractivity contribution >= 4 is 12.0 Å². The van der Waals surface area contributed by atoms with Gasteiger partial charge in [-0.2, -0.15) is 0 Å². The molecule has 1 aliphatic rings. The lowest BCUT2D eigenvalue weighted by Gasteiger charge is -2.34. The Kier molecular flexibility index (Phi) is 5.18. The zero-order chi connectivity index (χ0) is 17.6. The molecule has 0 unspecified atom stereocenters. The van der Waals surface area contributed by atoms with E-state index in [4.69, 9.17) is 9.47 Å². The lowest BCUT2D eigenvalue weighted by Crippen LogP contribution is -2.51. The van der Waals surface area contributed by atoms with Gasteiger partial charge >= 0.3 is 6.09 Å². The Hall–Kier alpha value is -3.02. The molecule has 130 valence electrons.